The molecule has 0 fully saturated rings. The van der Waals surface area contributed by atoms with Gasteiger partial charge in [-0.25, -0.2) is 9.78 Å². The number of imidazole rings is 1. The van der Waals surface area contributed by atoms with Crippen molar-refractivity contribution in [3.05, 3.63) is 18.2 Å². The van der Waals surface area contributed by atoms with Crippen LogP contribution in [0.3, 0.4) is 0 Å². The molecule has 0 bridgehead atoms. The highest BCUT2D eigenvalue weighted by molar-refractivity contribution is 7.98. The average molecular weight is 503 g/mol. The minimum atomic E-state index is -1.21. The van der Waals surface area contributed by atoms with Gasteiger partial charge in [0.1, 0.15) is 18.1 Å². The third-order valence-corrected chi connectivity index (χ3v) is 5.75. The number of H-pyrrole nitrogens is 1. The van der Waals surface area contributed by atoms with Gasteiger partial charge in [-0.2, -0.15) is 24.4 Å². The molecule has 0 saturated carbocycles. The first-order chi connectivity index (χ1) is 15.6. The second kappa shape index (κ2) is 14.8. The first-order valence-corrected chi connectivity index (χ1v) is 12.6. The molecule has 3 amide bonds. The average Bonchev–Trinajstić information content (AvgIpc) is 3.27. The number of amides is 3. The van der Waals surface area contributed by atoms with Gasteiger partial charge in [0.2, 0.25) is 17.7 Å². The number of thioether (sulfide) groups is 1. The fraction of sp³-hybridized carbons (Fsp3) is 0.650. The number of carbonyl (C=O) groups excluding carboxylic acids is 3. The minimum absolute atomic E-state index is 0.0113. The quantitative estimate of drug-likeness (QED) is 0.158. The lowest BCUT2D eigenvalue weighted by molar-refractivity contribution is -0.142. The van der Waals surface area contributed by atoms with Crippen LogP contribution in [-0.4, -0.2) is 80.7 Å². The van der Waals surface area contributed by atoms with E-state index in [2.05, 4.69) is 38.5 Å². The lowest BCUT2D eigenvalue weighted by Gasteiger charge is -2.26. The van der Waals surface area contributed by atoms with E-state index >= 15 is 0 Å². The number of nitrogens with one attached hydrogen (secondary N) is 4. The van der Waals surface area contributed by atoms with E-state index in [1.54, 1.807) is 0 Å². The highest BCUT2D eigenvalue weighted by Crippen LogP contribution is 2.09. The number of carboxylic acid groups (broad SMARTS) is 1. The number of nitrogens with two attached hydrogens (primary N) is 1. The van der Waals surface area contributed by atoms with Crippen molar-refractivity contribution in [2.75, 3.05) is 17.8 Å². The number of carbonyl (C=O) groups is 4. The molecule has 1 rings (SSSR count). The molecule has 0 spiro atoms. The summed E-state index contributed by atoms with van der Waals surface area (Å²) in [7, 11) is 0. The predicted octanol–water partition coefficient (Wildman–Crippen LogP) is -0.452. The highest BCUT2D eigenvalue weighted by Gasteiger charge is 2.30. The Morgan fingerprint density at radius 1 is 1.12 bits per heavy atom. The smallest absolute Gasteiger partial charge is 0.326 e. The summed E-state index contributed by atoms with van der Waals surface area (Å²) in [5.74, 6) is -2.13. The second-order valence-electron chi connectivity index (χ2n) is 8.00. The Hall–Kier alpha value is -2.25. The van der Waals surface area contributed by atoms with Crippen molar-refractivity contribution in [1.29, 1.82) is 0 Å². The Bertz CT molecular complexity index is 777. The third kappa shape index (κ3) is 10.5. The maximum atomic E-state index is 13.0. The van der Waals surface area contributed by atoms with Crippen molar-refractivity contribution in [1.82, 2.24) is 25.9 Å². The largest absolute Gasteiger partial charge is 0.480 e. The van der Waals surface area contributed by atoms with E-state index in [0.29, 0.717) is 17.9 Å². The maximum Gasteiger partial charge on any atom is 0.326 e. The van der Waals surface area contributed by atoms with Gasteiger partial charge in [-0.15, -0.1) is 0 Å². The molecule has 0 aliphatic rings. The summed E-state index contributed by atoms with van der Waals surface area (Å²) in [6, 6.07) is -3.94. The zero-order valence-electron chi connectivity index (χ0n) is 19.0. The number of hydrogen-bond acceptors (Lipinski definition) is 8. The molecule has 4 unspecified atom stereocenters. The van der Waals surface area contributed by atoms with Gasteiger partial charge in [-0.1, -0.05) is 13.8 Å². The van der Waals surface area contributed by atoms with Crippen LogP contribution < -0.4 is 21.7 Å². The highest BCUT2D eigenvalue weighted by atomic mass is 32.2. The number of thiol groups is 1. The monoisotopic (exact) mass is 502 g/mol. The number of nitrogens with zero attached hydrogens (tertiary/aromatic N) is 1. The SMILES string of the molecule is CSCCC(NC(=O)C(N)CS)C(=O)NC(CC(C)C)C(=O)NC(Cc1cnc[nH]1)C(=O)O. The Morgan fingerprint density at radius 3 is 2.24 bits per heavy atom. The summed E-state index contributed by atoms with van der Waals surface area (Å²) >= 11 is 5.51. The van der Waals surface area contributed by atoms with E-state index in [-0.39, 0.29) is 24.5 Å². The Labute approximate surface area is 203 Å². The fourth-order valence-corrected chi connectivity index (χ4v) is 3.57. The first-order valence-electron chi connectivity index (χ1n) is 10.6. The van der Waals surface area contributed by atoms with Crippen LogP contribution in [0.2, 0.25) is 0 Å². The van der Waals surface area contributed by atoms with E-state index in [9.17, 15) is 24.3 Å². The van der Waals surface area contributed by atoms with Gasteiger partial charge in [-0.05, 0) is 30.8 Å². The van der Waals surface area contributed by atoms with Crippen LogP contribution in [0.4, 0.5) is 0 Å². The van der Waals surface area contributed by atoms with Gasteiger partial charge in [0.15, 0.2) is 0 Å². The van der Waals surface area contributed by atoms with Gasteiger partial charge in [0.25, 0.3) is 0 Å². The van der Waals surface area contributed by atoms with Crippen LogP contribution in [0.1, 0.15) is 32.4 Å². The Kier molecular flexibility index (Phi) is 12.9. The molecule has 0 radical (unpaired) electrons. The summed E-state index contributed by atoms with van der Waals surface area (Å²) in [6.45, 7) is 3.76. The molecule has 0 saturated heterocycles. The van der Waals surface area contributed by atoms with Gasteiger partial charge in [-0.3, -0.25) is 14.4 Å². The molecule has 186 valence electrons. The molecule has 0 aliphatic carbocycles. The van der Waals surface area contributed by atoms with Gasteiger partial charge in [0.05, 0.1) is 12.4 Å². The summed E-state index contributed by atoms with van der Waals surface area (Å²) in [5, 5.41) is 17.3. The summed E-state index contributed by atoms with van der Waals surface area (Å²) < 4.78 is 0. The molecular formula is C20H34N6O5S2. The van der Waals surface area contributed by atoms with Crippen LogP contribution in [0.5, 0.6) is 0 Å². The van der Waals surface area contributed by atoms with E-state index in [1.807, 2.05) is 20.1 Å². The summed E-state index contributed by atoms with van der Waals surface area (Å²) in [4.78, 5) is 56.4. The summed E-state index contributed by atoms with van der Waals surface area (Å²) in [6.07, 6.45) is 5.40. The molecular weight excluding hydrogens is 468 g/mol. The lowest BCUT2D eigenvalue weighted by atomic mass is 10.0. The van der Waals surface area contributed by atoms with Crippen LogP contribution in [0.15, 0.2) is 12.5 Å². The zero-order chi connectivity index (χ0) is 25.0. The van der Waals surface area contributed by atoms with Crippen LogP contribution in [0.25, 0.3) is 0 Å². The molecule has 0 aromatic carbocycles. The first kappa shape index (κ1) is 28.8. The minimum Gasteiger partial charge on any atom is -0.480 e. The van der Waals surface area contributed by atoms with Crippen molar-refractivity contribution < 1.29 is 24.3 Å². The Morgan fingerprint density at radius 2 is 1.73 bits per heavy atom. The number of aromatic nitrogens is 2. The molecule has 0 aliphatic heterocycles. The lowest BCUT2D eigenvalue weighted by Crippen LogP contribution is -2.57. The molecule has 1 aromatic heterocycles. The standard InChI is InChI=1S/C20H34N6O5S2/c1-11(2)6-15(19(29)26-16(20(30)31)7-12-8-22-10-23-12)25-18(28)14(4-5-33-3)24-17(27)13(21)9-32/h8,10-11,13-16,32H,4-7,9,21H2,1-3H3,(H,22,23)(H,24,27)(H,25,28)(H,26,29)(H,30,31). The molecule has 13 heteroatoms. The van der Waals surface area contributed by atoms with Gasteiger partial charge in [0, 0.05) is 24.1 Å². The molecule has 1 heterocycles. The normalized spacial score (nSPS) is 14.7. The molecule has 33 heavy (non-hydrogen) atoms. The number of hydrogen-bond donors (Lipinski definition) is 7. The third-order valence-electron chi connectivity index (χ3n) is 4.71. The molecule has 11 nitrogen and oxygen atoms in total. The fourth-order valence-electron chi connectivity index (χ4n) is 2.93. The van der Waals surface area contributed by atoms with E-state index in [0.717, 1.165) is 0 Å². The van der Waals surface area contributed by atoms with Crippen LogP contribution >= 0.6 is 24.4 Å². The molecule has 1 aromatic rings. The van der Waals surface area contributed by atoms with Crippen molar-refractivity contribution in [3.63, 3.8) is 0 Å². The van der Waals surface area contributed by atoms with Gasteiger partial charge < -0.3 is 31.8 Å². The van der Waals surface area contributed by atoms with Gasteiger partial charge >= 0.3 is 5.97 Å². The van der Waals surface area contributed by atoms with Crippen molar-refractivity contribution >= 4 is 48.1 Å². The van der Waals surface area contributed by atoms with Crippen molar-refractivity contribution in [2.24, 2.45) is 11.7 Å². The van der Waals surface area contributed by atoms with E-state index < -0.39 is 47.9 Å². The number of aliphatic carboxylic acids is 1. The zero-order valence-corrected chi connectivity index (χ0v) is 20.7. The van der Waals surface area contributed by atoms with E-state index in [1.165, 1.54) is 24.3 Å². The molecule has 4 atom stereocenters. The number of rotatable bonds is 15. The van der Waals surface area contributed by atoms with Crippen molar-refractivity contribution in [3.8, 4) is 0 Å². The van der Waals surface area contributed by atoms with Crippen molar-refractivity contribution in [2.45, 2.75) is 57.3 Å². The summed E-state index contributed by atoms with van der Waals surface area (Å²) in [5.41, 5.74) is 6.24. The molecule has 7 N–H and O–H groups in total. The van der Waals surface area contributed by atoms with Crippen LogP contribution in [-0.2, 0) is 25.6 Å². The maximum absolute atomic E-state index is 13.0. The number of carboxylic acids is 1. The number of aromatic amines is 1. The second-order valence-corrected chi connectivity index (χ2v) is 9.35. The van der Waals surface area contributed by atoms with E-state index in [4.69, 9.17) is 5.73 Å². The van der Waals surface area contributed by atoms with Crippen LogP contribution in [0, 0.1) is 5.92 Å². The predicted molar refractivity (Wildman–Crippen MR) is 130 cm³/mol. The Balaban J connectivity index is 2.94. The topological polar surface area (TPSA) is 179 Å².